The largest absolute Gasteiger partial charge is 0.265 e. The van der Waals surface area contributed by atoms with Crippen molar-refractivity contribution in [3.8, 4) is 0 Å². The average Bonchev–Trinajstić information content (AvgIpc) is 2.39. The minimum absolute atomic E-state index is 0.154. The van der Waals surface area contributed by atoms with E-state index in [-0.39, 0.29) is 10.9 Å². The molecule has 100 valence electrons. The molecule has 0 aliphatic carbocycles. The summed E-state index contributed by atoms with van der Waals surface area (Å²) in [6.45, 7) is 1.78. The van der Waals surface area contributed by atoms with Crippen LogP contribution in [0.4, 0.5) is 0 Å². The predicted molar refractivity (Wildman–Crippen MR) is 74.4 cm³/mol. The third-order valence-corrected chi connectivity index (χ3v) is 4.42. The van der Waals surface area contributed by atoms with Crippen LogP contribution in [0.25, 0.3) is 0 Å². The van der Waals surface area contributed by atoms with E-state index in [1.807, 2.05) is 0 Å². The van der Waals surface area contributed by atoms with Crippen molar-refractivity contribution in [2.45, 2.75) is 17.9 Å². The highest BCUT2D eigenvalue weighted by Gasteiger charge is 2.18. The predicted octanol–water partition coefficient (Wildman–Crippen LogP) is 2.77. The maximum atomic E-state index is 12.2. The van der Waals surface area contributed by atoms with Gasteiger partial charge in [-0.15, -0.1) is 0 Å². The van der Waals surface area contributed by atoms with E-state index >= 15 is 0 Å². The zero-order valence-electron chi connectivity index (χ0n) is 10.2. The van der Waals surface area contributed by atoms with Gasteiger partial charge < -0.3 is 0 Å². The van der Waals surface area contributed by atoms with Crippen LogP contribution in [0.15, 0.2) is 53.7 Å². The quantitative estimate of drug-likeness (QED) is 0.944. The molecule has 6 heteroatoms. The molecule has 2 aromatic rings. The molecule has 0 spiro atoms. The van der Waals surface area contributed by atoms with E-state index in [9.17, 15) is 8.42 Å². The number of nitrogens with one attached hydrogen (secondary N) is 1. The van der Waals surface area contributed by atoms with Gasteiger partial charge in [0, 0.05) is 23.5 Å². The summed E-state index contributed by atoms with van der Waals surface area (Å²) in [4.78, 5) is 4.05. The first kappa shape index (κ1) is 14.0. The minimum atomic E-state index is -3.59. The van der Waals surface area contributed by atoms with Gasteiger partial charge in [0.25, 0.3) is 0 Å². The van der Waals surface area contributed by atoms with Gasteiger partial charge in [-0.25, -0.2) is 13.1 Å². The Morgan fingerprint density at radius 3 is 2.53 bits per heavy atom. The number of hydrogen-bond acceptors (Lipinski definition) is 3. The lowest BCUT2D eigenvalue weighted by atomic mass is 10.1. The Balaban J connectivity index is 2.23. The molecule has 0 fully saturated rings. The summed E-state index contributed by atoms with van der Waals surface area (Å²) >= 11 is 5.80. The molecule has 0 bridgehead atoms. The molecule has 0 unspecified atom stereocenters. The van der Waals surface area contributed by atoms with Crippen LogP contribution < -0.4 is 4.72 Å². The molecule has 2 rings (SSSR count). The minimum Gasteiger partial charge on any atom is -0.265 e. The smallest absolute Gasteiger partial charge is 0.241 e. The fourth-order valence-electron chi connectivity index (χ4n) is 1.66. The summed E-state index contributed by atoms with van der Waals surface area (Å²) < 4.78 is 27.0. The third kappa shape index (κ3) is 3.53. The summed E-state index contributed by atoms with van der Waals surface area (Å²) in [5.74, 6) is 0. The molecule has 19 heavy (non-hydrogen) atoms. The summed E-state index contributed by atoms with van der Waals surface area (Å²) in [7, 11) is -3.59. The maximum Gasteiger partial charge on any atom is 0.241 e. The Morgan fingerprint density at radius 2 is 1.89 bits per heavy atom. The molecular weight excluding hydrogens is 284 g/mol. The van der Waals surface area contributed by atoms with Crippen LogP contribution in [-0.2, 0) is 10.0 Å². The second kappa shape index (κ2) is 5.69. The van der Waals surface area contributed by atoms with Crippen LogP contribution in [0.2, 0.25) is 5.02 Å². The fraction of sp³-hybridized carbons (Fsp3) is 0.154. The van der Waals surface area contributed by atoms with E-state index in [1.54, 1.807) is 43.6 Å². The number of rotatable bonds is 4. The zero-order chi connectivity index (χ0) is 13.9. The SMILES string of the molecule is C[C@@H](NS(=O)(=O)c1cccc(Cl)c1)c1ccncc1. The summed E-state index contributed by atoms with van der Waals surface area (Å²) in [6.07, 6.45) is 3.25. The number of nitrogens with zero attached hydrogens (tertiary/aromatic N) is 1. The van der Waals surface area contributed by atoms with E-state index in [4.69, 9.17) is 11.6 Å². The van der Waals surface area contributed by atoms with Crippen molar-refractivity contribution >= 4 is 21.6 Å². The number of hydrogen-bond donors (Lipinski definition) is 1. The lowest BCUT2D eigenvalue weighted by molar-refractivity contribution is 0.567. The van der Waals surface area contributed by atoms with Crippen LogP contribution in [0.3, 0.4) is 0 Å². The van der Waals surface area contributed by atoms with Crippen LogP contribution in [0, 0.1) is 0 Å². The van der Waals surface area contributed by atoms with Crippen molar-refractivity contribution < 1.29 is 8.42 Å². The molecule has 0 saturated heterocycles. The Bertz CT molecular complexity index is 659. The van der Waals surface area contributed by atoms with Crippen molar-refractivity contribution in [2.75, 3.05) is 0 Å². The molecule has 0 aliphatic rings. The standard InChI is InChI=1S/C13H13ClN2O2S/c1-10(11-5-7-15-8-6-11)16-19(17,18)13-4-2-3-12(14)9-13/h2-10,16H,1H3/t10-/m1/s1. The molecule has 1 aromatic carbocycles. The summed E-state index contributed by atoms with van der Waals surface area (Å²) in [5, 5.41) is 0.388. The first-order chi connectivity index (χ1) is 8.99. The van der Waals surface area contributed by atoms with Gasteiger partial charge in [0.1, 0.15) is 0 Å². The maximum absolute atomic E-state index is 12.2. The van der Waals surface area contributed by atoms with E-state index < -0.39 is 10.0 Å². The normalized spacial score (nSPS) is 13.2. The van der Waals surface area contributed by atoms with Crippen molar-refractivity contribution in [3.05, 3.63) is 59.4 Å². The van der Waals surface area contributed by atoms with Gasteiger partial charge in [-0.1, -0.05) is 17.7 Å². The molecule has 1 N–H and O–H groups in total. The Morgan fingerprint density at radius 1 is 1.21 bits per heavy atom. The summed E-state index contributed by atoms with van der Waals surface area (Å²) in [6, 6.07) is 9.36. The van der Waals surface area contributed by atoms with Gasteiger partial charge in [0.05, 0.1) is 4.90 Å². The number of halogens is 1. The number of sulfonamides is 1. The van der Waals surface area contributed by atoms with Crippen molar-refractivity contribution in [1.82, 2.24) is 9.71 Å². The molecular formula is C13H13ClN2O2S. The highest BCUT2D eigenvalue weighted by molar-refractivity contribution is 7.89. The second-order valence-electron chi connectivity index (χ2n) is 4.08. The molecule has 0 saturated carbocycles. The van der Waals surface area contributed by atoms with Gasteiger partial charge in [-0.05, 0) is 42.8 Å². The highest BCUT2D eigenvalue weighted by atomic mass is 35.5. The third-order valence-electron chi connectivity index (χ3n) is 2.64. The first-order valence-electron chi connectivity index (χ1n) is 5.67. The first-order valence-corrected chi connectivity index (χ1v) is 7.53. The van der Waals surface area contributed by atoms with Crippen molar-refractivity contribution in [2.24, 2.45) is 0 Å². The molecule has 1 atom stereocenters. The Kier molecular flexibility index (Phi) is 4.19. The van der Waals surface area contributed by atoms with Gasteiger partial charge in [0.15, 0.2) is 0 Å². The number of pyridine rings is 1. The molecule has 1 aromatic heterocycles. The van der Waals surface area contributed by atoms with Crippen LogP contribution in [0.1, 0.15) is 18.5 Å². The topological polar surface area (TPSA) is 59.1 Å². The second-order valence-corrected chi connectivity index (χ2v) is 6.23. The monoisotopic (exact) mass is 296 g/mol. The molecule has 0 radical (unpaired) electrons. The lowest BCUT2D eigenvalue weighted by Gasteiger charge is -2.14. The molecule has 0 aliphatic heterocycles. The van der Waals surface area contributed by atoms with Gasteiger partial charge in [-0.3, -0.25) is 4.98 Å². The van der Waals surface area contributed by atoms with Crippen molar-refractivity contribution in [1.29, 1.82) is 0 Å². The van der Waals surface area contributed by atoms with Crippen LogP contribution in [0.5, 0.6) is 0 Å². The van der Waals surface area contributed by atoms with Crippen LogP contribution in [-0.4, -0.2) is 13.4 Å². The zero-order valence-corrected chi connectivity index (χ0v) is 11.8. The lowest BCUT2D eigenvalue weighted by Crippen LogP contribution is -2.26. The van der Waals surface area contributed by atoms with E-state index in [0.29, 0.717) is 5.02 Å². The van der Waals surface area contributed by atoms with E-state index in [2.05, 4.69) is 9.71 Å². The summed E-state index contributed by atoms with van der Waals surface area (Å²) in [5.41, 5.74) is 0.848. The molecule has 4 nitrogen and oxygen atoms in total. The van der Waals surface area contributed by atoms with Crippen molar-refractivity contribution in [3.63, 3.8) is 0 Å². The highest BCUT2D eigenvalue weighted by Crippen LogP contribution is 2.18. The van der Waals surface area contributed by atoms with Gasteiger partial charge in [0.2, 0.25) is 10.0 Å². The molecule has 1 heterocycles. The number of aromatic nitrogens is 1. The fourth-order valence-corrected chi connectivity index (χ4v) is 3.19. The molecule has 0 amide bonds. The Hall–Kier alpha value is -1.43. The average molecular weight is 297 g/mol. The van der Waals surface area contributed by atoms with Gasteiger partial charge in [-0.2, -0.15) is 0 Å². The van der Waals surface area contributed by atoms with Crippen LogP contribution >= 0.6 is 11.6 Å². The number of benzene rings is 1. The Labute approximate surface area is 117 Å². The van der Waals surface area contributed by atoms with Gasteiger partial charge >= 0.3 is 0 Å². The van der Waals surface area contributed by atoms with E-state index in [1.165, 1.54) is 12.1 Å². The van der Waals surface area contributed by atoms with E-state index in [0.717, 1.165) is 5.56 Å².